The minimum Gasteiger partial charge on any atom is -0.378 e. The van der Waals surface area contributed by atoms with E-state index >= 15 is 0 Å². The lowest BCUT2D eigenvalue weighted by Gasteiger charge is -2.28. The molecule has 0 bridgehead atoms. The molecule has 0 atom stereocenters. The molecule has 1 aromatic heterocycles. The molecule has 1 saturated carbocycles. The third kappa shape index (κ3) is 3.76. The number of nitrogens with one attached hydrogen (secondary N) is 1. The fourth-order valence-corrected chi connectivity index (χ4v) is 2.95. The van der Waals surface area contributed by atoms with Crippen LogP contribution in [0.5, 0.6) is 0 Å². The molecule has 1 saturated heterocycles. The Hall–Kier alpha value is -1.63. The highest BCUT2D eigenvalue weighted by Gasteiger charge is 2.19. The summed E-state index contributed by atoms with van der Waals surface area (Å²) in [6.45, 7) is 3.13. The molecular formula is C15H26N6O. The van der Waals surface area contributed by atoms with Crippen LogP contribution in [0.2, 0.25) is 0 Å². The topological polar surface area (TPSA) is 66.4 Å². The van der Waals surface area contributed by atoms with Crippen molar-refractivity contribution >= 4 is 17.8 Å². The Balaban J connectivity index is 1.79. The van der Waals surface area contributed by atoms with Crippen LogP contribution in [-0.4, -0.2) is 61.4 Å². The van der Waals surface area contributed by atoms with E-state index in [1.54, 1.807) is 0 Å². The maximum Gasteiger partial charge on any atom is 0.232 e. The van der Waals surface area contributed by atoms with Gasteiger partial charge in [-0.1, -0.05) is 19.3 Å². The number of rotatable bonds is 4. The number of anilines is 3. The Bertz CT molecular complexity index is 483. The minimum atomic E-state index is 0.490. The van der Waals surface area contributed by atoms with Gasteiger partial charge in [-0.15, -0.1) is 0 Å². The molecule has 3 rings (SSSR count). The predicted octanol–water partition coefficient (Wildman–Crippen LogP) is 1.52. The summed E-state index contributed by atoms with van der Waals surface area (Å²) in [6.07, 6.45) is 6.34. The van der Waals surface area contributed by atoms with Gasteiger partial charge in [-0.3, -0.25) is 0 Å². The van der Waals surface area contributed by atoms with Crippen molar-refractivity contribution in [3.05, 3.63) is 0 Å². The molecular weight excluding hydrogens is 280 g/mol. The lowest BCUT2D eigenvalue weighted by Crippen LogP contribution is -2.38. The van der Waals surface area contributed by atoms with Gasteiger partial charge >= 0.3 is 0 Å². The molecule has 7 heteroatoms. The highest BCUT2D eigenvalue weighted by atomic mass is 16.5. The maximum atomic E-state index is 5.41. The van der Waals surface area contributed by atoms with Gasteiger partial charge in [0.15, 0.2) is 0 Å². The zero-order valence-corrected chi connectivity index (χ0v) is 13.6. The van der Waals surface area contributed by atoms with Crippen LogP contribution in [0.4, 0.5) is 17.8 Å². The second kappa shape index (κ2) is 7.09. The van der Waals surface area contributed by atoms with Crippen molar-refractivity contribution < 1.29 is 4.74 Å². The first-order valence-electron chi connectivity index (χ1n) is 8.25. The highest BCUT2D eigenvalue weighted by molar-refractivity contribution is 5.45. The van der Waals surface area contributed by atoms with Gasteiger partial charge in [0.05, 0.1) is 13.2 Å². The van der Waals surface area contributed by atoms with Crippen LogP contribution < -0.4 is 15.1 Å². The normalized spacial score (nSPS) is 20.0. The zero-order valence-electron chi connectivity index (χ0n) is 13.6. The van der Waals surface area contributed by atoms with Crippen LogP contribution in [0.15, 0.2) is 0 Å². The second-order valence-corrected chi connectivity index (χ2v) is 6.23. The maximum absolute atomic E-state index is 5.41. The third-order valence-electron chi connectivity index (χ3n) is 4.24. The molecule has 2 heterocycles. The fourth-order valence-electron chi connectivity index (χ4n) is 2.95. The lowest BCUT2D eigenvalue weighted by atomic mass is 9.96. The van der Waals surface area contributed by atoms with Gasteiger partial charge in [0.1, 0.15) is 0 Å². The Labute approximate surface area is 132 Å². The molecule has 2 fully saturated rings. The van der Waals surface area contributed by atoms with Crippen LogP contribution in [-0.2, 0) is 4.74 Å². The quantitative estimate of drug-likeness (QED) is 0.904. The van der Waals surface area contributed by atoms with E-state index in [2.05, 4.69) is 25.2 Å². The first-order valence-corrected chi connectivity index (χ1v) is 8.25. The molecule has 0 radical (unpaired) electrons. The van der Waals surface area contributed by atoms with Crippen molar-refractivity contribution in [3.63, 3.8) is 0 Å². The van der Waals surface area contributed by atoms with Gasteiger partial charge in [0.25, 0.3) is 0 Å². The van der Waals surface area contributed by atoms with Gasteiger partial charge in [0.2, 0.25) is 17.8 Å². The van der Waals surface area contributed by atoms with Crippen molar-refractivity contribution in [1.82, 2.24) is 15.0 Å². The summed E-state index contributed by atoms with van der Waals surface area (Å²) >= 11 is 0. The first kappa shape index (κ1) is 15.3. The predicted molar refractivity (Wildman–Crippen MR) is 87.7 cm³/mol. The van der Waals surface area contributed by atoms with Crippen LogP contribution in [0.25, 0.3) is 0 Å². The molecule has 22 heavy (non-hydrogen) atoms. The molecule has 0 unspecified atom stereocenters. The molecule has 1 aliphatic heterocycles. The van der Waals surface area contributed by atoms with E-state index in [1.165, 1.54) is 32.1 Å². The lowest BCUT2D eigenvalue weighted by molar-refractivity contribution is 0.122. The van der Waals surface area contributed by atoms with E-state index in [0.29, 0.717) is 17.9 Å². The highest BCUT2D eigenvalue weighted by Crippen LogP contribution is 2.22. The van der Waals surface area contributed by atoms with E-state index < -0.39 is 0 Å². The third-order valence-corrected chi connectivity index (χ3v) is 4.24. The summed E-state index contributed by atoms with van der Waals surface area (Å²) in [5, 5.41) is 3.51. The SMILES string of the molecule is CN(C)c1nc(NC2CCCCC2)nc(N2CCOCC2)n1. The summed E-state index contributed by atoms with van der Waals surface area (Å²) in [7, 11) is 3.92. The minimum absolute atomic E-state index is 0.490. The molecule has 122 valence electrons. The average Bonchev–Trinajstić information content (AvgIpc) is 2.56. The molecule has 1 aliphatic carbocycles. The van der Waals surface area contributed by atoms with Gasteiger partial charge in [-0.2, -0.15) is 15.0 Å². The van der Waals surface area contributed by atoms with Crippen LogP contribution >= 0.6 is 0 Å². The molecule has 1 N–H and O–H groups in total. The average molecular weight is 306 g/mol. The van der Waals surface area contributed by atoms with E-state index in [4.69, 9.17) is 4.74 Å². The monoisotopic (exact) mass is 306 g/mol. The first-order chi connectivity index (χ1) is 10.7. The van der Waals surface area contributed by atoms with Gasteiger partial charge < -0.3 is 19.9 Å². The largest absolute Gasteiger partial charge is 0.378 e. The molecule has 7 nitrogen and oxygen atoms in total. The standard InChI is InChI=1S/C15H26N6O/c1-20(2)14-17-13(16-12-6-4-3-5-7-12)18-15(19-14)21-8-10-22-11-9-21/h12H,3-11H2,1-2H3,(H,16,17,18,19). The van der Waals surface area contributed by atoms with Crippen molar-refractivity contribution in [2.24, 2.45) is 0 Å². The summed E-state index contributed by atoms with van der Waals surface area (Å²) in [6, 6.07) is 0.490. The van der Waals surface area contributed by atoms with E-state index in [0.717, 1.165) is 32.3 Å². The number of morpholine rings is 1. The molecule has 0 amide bonds. The second-order valence-electron chi connectivity index (χ2n) is 6.23. The van der Waals surface area contributed by atoms with Crippen molar-refractivity contribution in [2.75, 3.05) is 55.5 Å². The molecule has 0 spiro atoms. The van der Waals surface area contributed by atoms with Gasteiger partial charge in [0, 0.05) is 33.2 Å². The Kier molecular flexibility index (Phi) is 4.92. The Morgan fingerprint density at radius 3 is 2.45 bits per heavy atom. The van der Waals surface area contributed by atoms with Crippen molar-refractivity contribution in [3.8, 4) is 0 Å². The zero-order chi connectivity index (χ0) is 15.4. The van der Waals surface area contributed by atoms with Crippen LogP contribution in [0, 0.1) is 0 Å². The van der Waals surface area contributed by atoms with E-state index in [9.17, 15) is 0 Å². The molecule has 2 aliphatic rings. The number of hydrogen-bond donors (Lipinski definition) is 1. The summed E-state index contributed by atoms with van der Waals surface area (Å²) < 4.78 is 5.41. The summed E-state index contributed by atoms with van der Waals surface area (Å²) in [5.41, 5.74) is 0. The fraction of sp³-hybridized carbons (Fsp3) is 0.800. The van der Waals surface area contributed by atoms with Crippen molar-refractivity contribution in [2.45, 2.75) is 38.1 Å². The Morgan fingerprint density at radius 2 is 1.77 bits per heavy atom. The number of aromatic nitrogens is 3. The Morgan fingerprint density at radius 1 is 1.05 bits per heavy atom. The number of nitrogens with zero attached hydrogens (tertiary/aromatic N) is 5. The number of ether oxygens (including phenoxy) is 1. The van der Waals surface area contributed by atoms with Crippen LogP contribution in [0.1, 0.15) is 32.1 Å². The summed E-state index contributed by atoms with van der Waals surface area (Å²) in [4.78, 5) is 17.9. The number of hydrogen-bond acceptors (Lipinski definition) is 7. The van der Waals surface area contributed by atoms with Gasteiger partial charge in [-0.05, 0) is 12.8 Å². The van der Waals surface area contributed by atoms with Crippen LogP contribution in [0.3, 0.4) is 0 Å². The molecule has 1 aromatic rings. The smallest absolute Gasteiger partial charge is 0.232 e. The van der Waals surface area contributed by atoms with Crippen molar-refractivity contribution in [1.29, 1.82) is 0 Å². The molecule has 0 aromatic carbocycles. The summed E-state index contributed by atoms with van der Waals surface area (Å²) in [5.74, 6) is 2.15. The van der Waals surface area contributed by atoms with Gasteiger partial charge in [-0.25, -0.2) is 0 Å². The van der Waals surface area contributed by atoms with E-state index in [-0.39, 0.29) is 0 Å². The van der Waals surface area contributed by atoms with E-state index in [1.807, 2.05) is 19.0 Å².